The number of rotatable bonds is 7. The van der Waals surface area contributed by atoms with E-state index < -0.39 is 0 Å². The van der Waals surface area contributed by atoms with Crippen molar-refractivity contribution in [2.75, 3.05) is 7.11 Å². The number of ether oxygens (including phenoxy) is 1. The molecule has 1 unspecified atom stereocenters. The highest BCUT2D eigenvalue weighted by atomic mass is 16.5. The predicted octanol–water partition coefficient (Wildman–Crippen LogP) is 2.99. The van der Waals surface area contributed by atoms with Crippen molar-refractivity contribution in [3.05, 3.63) is 65.7 Å². The minimum atomic E-state index is -0.168. The quantitative estimate of drug-likeness (QED) is 0.849. The second-order valence-corrected chi connectivity index (χ2v) is 5.08. The third kappa shape index (κ3) is 4.72. The van der Waals surface area contributed by atoms with Gasteiger partial charge in [0.25, 0.3) is 0 Å². The lowest BCUT2D eigenvalue weighted by atomic mass is 10.0. The van der Waals surface area contributed by atoms with Gasteiger partial charge >= 0.3 is 0 Å². The van der Waals surface area contributed by atoms with Gasteiger partial charge in [0.2, 0.25) is 0 Å². The molecule has 0 saturated heterocycles. The fourth-order valence-corrected chi connectivity index (χ4v) is 2.19. The van der Waals surface area contributed by atoms with Gasteiger partial charge in [-0.3, -0.25) is 4.79 Å². The maximum atomic E-state index is 11.8. The van der Waals surface area contributed by atoms with E-state index in [1.165, 1.54) is 5.56 Å². The molecule has 2 aromatic carbocycles. The molecule has 0 amide bonds. The number of ketones is 1. The first-order chi connectivity index (χ1) is 10.2. The topological polar surface area (TPSA) is 38.3 Å². The number of benzene rings is 2. The molecule has 2 rings (SSSR count). The van der Waals surface area contributed by atoms with Crippen molar-refractivity contribution in [1.29, 1.82) is 0 Å². The van der Waals surface area contributed by atoms with Gasteiger partial charge in [-0.15, -0.1) is 0 Å². The van der Waals surface area contributed by atoms with Crippen molar-refractivity contribution in [1.82, 2.24) is 5.32 Å². The molecule has 0 aliphatic heterocycles. The number of Topliss-reactive ketones (excluding diaryl/α,β-unsaturated/α-hetero) is 1. The molecule has 3 heteroatoms. The second kappa shape index (κ2) is 7.60. The summed E-state index contributed by atoms with van der Waals surface area (Å²) >= 11 is 0. The molecule has 0 aromatic heterocycles. The highest BCUT2D eigenvalue weighted by molar-refractivity contribution is 5.81. The Balaban J connectivity index is 1.96. The fourth-order valence-electron chi connectivity index (χ4n) is 2.19. The van der Waals surface area contributed by atoms with Crippen molar-refractivity contribution in [2.45, 2.75) is 25.9 Å². The number of carbonyl (C=O) groups is 1. The lowest BCUT2D eigenvalue weighted by Crippen LogP contribution is -2.36. The van der Waals surface area contributed by atoms with Gasteiger partial charge in [-0.2, -0.15) is 0 Å². The lowest BCUT2D eigenvalue weighted by Gasteiger charge is -2.16. The van der Waals surface area contributed by atoms with E-state index in [9.17, 15) is 4.79 Å². The Morgan fingerprint density at radius 2 is 1.71 bits per heavy atom. The molecule has 21 heavy (non-hydrogen) atoms. The SMILES string of the molecule is COc1ccc(CC(NCc2ccccc2)C(C)=O)cc1. The molecule has 3 nitrogen and oxygen atoms in total. The zero-order chi connectivity index (χ0) is 15.1. The van der Waals surface area contributed by atoms with Gasteiger partial charge in [-0.05, 0) is 36.6 Å². The predicted molar refractivity (Wildman–Crippen MR) is 84.4 cm³/mol. The third-order valence-corrected chi connectivity index (χ3v) is 3.49. The maximum Gasteiger partial charge on any atom is 0.147 e. The van der Waals surface area contributed by atoms with Gasteiger partial charge in [-0.1, -0.05) is 42.5 Å². The van der Waals surface area contributed by atoms with Crippen molar-refractivity contribution in [3.63, 3.8) is 0 Å². The summed E-state index contributed by atoms with van der Waals surface area (Å²) in [6, 6.07) is 17.8. The maximum absolute atomic E-state index is 11.8. The molecule has 0 radical (unpaired) electrons. The zero-order valence-electron chi connectivity index (χ0n) is 12.5. The van der Waals surface area contributed by atoms with E-state index in [2.05, 4.69) is 17.4 Å². The van der Waals surface area contributed by atoms with Crippen LogP contribution in [0, 0.1) is 0 Å². The van der Waals surface area contributed by atoms with Crippen molar-refractivity contribution >= 4 is 5.78 Å². The molecular formula is C18H21NO2. The van der Waals surface area contributed by atoms with Crippen molar-refractivity contribution in [3.8, 4) is 5.75 Å². The average Bonchev–Trinajstić information content (AvgIpc) is 2.52. The summed E-state index contributed by atoms with van der Waals surface area (Å²) in [6.45, 7) is 2.33. The normalized spacial score (nSPS) is 11.9. The van der Waals surface area contributed by atoms with Crippen LogP contribution >= 0.6 is 0 Å². The van der Waals surface area contributed by atoms with Crippen molar-refractivity contribution < 1.29 is 9.53 Å². The van der Waals surface area contributed by atoms with Crippen molar-refractivity contribution in [2.24, 2.45) is 0 Å². The highest BCUT2D eigenvalue weighted by Gasteiger charge is 2.14. The molecule has 0 aliphatic rings. The Kier molecular flexibility index (Phi) is 5.52. The summed E-state index contributed by atoms with van der Waals surface area (Å²) in [6.07, 6.45) is 0.687. The van der Waals surface area contributed by atoms with Gasteiger partial charge in [0, 0.05) is 6.54 Å². The number of hydrogen-bond acceptors (Lipinski definition) is 3. The molecule has 110 valence electrons. The summed E-state index contributed by atoms with van der Waals surface area (Å²) in [5, 5.41) is 3.33. The van der Waals surface area contributed by atoms with Gasteiger partial charge in [-0.25, -0.2) is 0 Å². The van der Waals surface area contributed by atoms with Gasteiger partial charge in [0.15, 0.2) is 0 Å². The second-order valence-electron chi connectivity index (χ2n) is 5.08. The van der Waals surface area contributed by atoms with Crippen LogP contribution in [0.3, 0.4) is 0 Å². The molecule has 0 saturated carbocycles. The van der Waals surface area contributed by atoms with Crippen LogP contribution in [-0.4, -0.2) is 18.9 Å². The van der Waals surface area contributed by atoms with Gasteiger partial charge < -0.3 is 10.1 Å². The average molecular weight is 283 g/mol. The van der Waals surface area contributed by atoms with Crippen LogP contribution in [0.15, 0.2) is 54.6 Å². The number of carbonyl (C=O) groups excluding carboxylic acids is 1. The van der Waals surface area contributed by atoms with E-state index in [0.717, 1.165) is 11.3 Å². The Morgan fingerprint density at radius 3 is 2.29 bits per heavy atom. The monoisotopic (exact) mass is 283 g/mol. The summed E-state index contributed by atoms with van der Waals surface area (Å²) in [4.78, 5) is 11.8. The van der Waals surface area contributed by atoms with E-state index >= 15 is 0 Å². The molecule has 0 spiro atoms. The Bertz CT molecular complexity index is 564. The molecule has 0 bridgehead atoms. The molecular weight excluding hydrogens is 262 g/mol. The van der Waals surface area contributed by atoms with Crippen LogP contribution in [0.4, 0.5) is 0 Å². The Hall–Kier alpha value is -2.13. The number of nitrogens with one attached hydrogen (secondary N) is 1. The minimum absolute atomic E-state index is 0.154. The molecule has 1 atom stereocenters. The summed E-state index contributed by atoms with van der Waals surface area (Å²) in [7, 11) is 1.65. The van der Waals surface area contributed by atoms with E-state index in [0.29, 0.717) is 13.0 Å². The number of methoxy groups -OCH3 is 1. The van der Waals surface area contributed by atoms with E-state index in [1.807, 2.05) is 42.5 Å². The fraction of sp³-hybridized carbons (Fsp3) is 0.278. The van der Waals surface area contributed by atoms with E-state index in [1.54, 1.807) is 14.0 Å². The van der Waals surface area contributed by atoms with Crippen LogP contribution < -0.4 is 10.1 Å². The molecule has 0 heterocycles. The smallest absolute Gasteiger partial charge is 0.147 e. The van der Waals surface area contributed by atoms with Gasteiger partial charge in [0.05, 0.1) is 13.2 Å². The van der Waals surface area contributed by atoms with Gasteiger partial charge in [0.1, 0.15) is 11.5 Å². The summed E-state index contributed by atoms with van der Waals surface area (Å²) in [5.41, 5.74) is 2.30. The zero-order valence-corrected chi connectivity index (χ0v) is 12.5. The lowest BCUT2D eigenvalue weighted by molar-refractivity contribution is -0.119. The Morgan fingerprint density at radius 1 is 1.05 bits per heavy atom. The number of hydrogen-bond donors (Lipinski definition) is 1. The summed E-state index contributed by atoms with van der Waals surface area (Å²) < 4.78 is 5.14. The third-order valence-electron chi connectivity index (χ3n) is 3.49. The molecule has 0 aliphatic carbocycles. The largest absolute Gasteiger partial charge is 0.497 e. The first-order valence-corrected chi connectivity index (χ1v) is 7.09. The van der Waals surface area contributed by atoms with E-state index in [-0.39, 0.29) is 11.8 Å². The standard InChI is InChI=1S/C18H21NO2/c1-14(20)18(19-13-16-6-4-3-5-7-16)12-15-8-10-17(21-2)11-9-15/h3-11,18-19H,12-13H2,1-2H3. The molecule has 0 fully saturated rings. The molecule has 2 aromatic rings. The summed E-state index contributed by atoms with van der Waals surface area (Å²) in [5.74, 6) is 0.983. The first-order valence-electron chi connectivity index (χ1n) is 7.09. The first kappa shape index (κ1) is 15.3. The highest BCUT2D eigenvalue weighted by Crippen LogP contribution is 2.13. The minimum Gasteiger partial charge on any atom is -0.497 e. The van der Waals surface area contributed by atoms with E-state index in [4.69, 9.17) is 4.74 Å². The van der Waals surface area contributed by atoms with Crippen LogP contribution in [0.2, 0.25) is 0 Å². The van der Waals surface area contributed by atoms with Crippen LogP contribution in [-0.2, 0) is 17.8 Å². The van der Waals surface area contributed by atoms with Crippen LogP contribution in [0.5, 0.6) is 5.75 Å². The Labute approximate surface area is 126 Å². The van der Waals surface area contributed by atoms with Crippen LogP contribution in [0.1, 0.15) is 18.1 Å². The van der Waals surface area contributed by atoms with Crippen LogP contribution in [0.25, 0.3) is 0 Å². The molecule has 1 N–H and O–H groups in total.